The van der Waals surface area contributed by atoms with Gasteiger partial charge in [0.15, 0.2) is 0 Å². The summed E-state index contributed by atoms with van der Waals surface area (Å²) >= 11 is 1.29. The molecule has 2 rings (SSSR count). The first-order chi connectivity index (χ1) is 9.75. The minimum Gasteiger partial charge on any atom is -0.411 e. The zero-order valence-corrected chi connectivity index (χ0v) is 13.9. The van der Waals surface area contributed by atoms with E-state index in [1.807, 2.05) is 46.8 Å². The molecule has 1 aromatic heterocycles. The lowest BCUT2D eigenvalue weighted by Crippen LogP contribution is -2.21. The van der Waals surface area contributed by atoms with Crippen LogP contribution >= 0.6 is 11.8 Å². The first kappa shape index (κ1) is 15.8. The van der Waals surface area contributed by atoms with Crippen molar-refractivity contribution in [2.45, 2.75) is 39.8 Å². The molecular weight excluding hydrogens is 284 g/mol. The molecule has 2 aromatic rings. The number of rotatable bonds is 4. The molecule has 0 aliphatic rings. The summed E-state index contributed by atoms with van der Waals surface area (Å²) in [6.45, 7) is 9.79. The Morgan fingerprint density at radius 1 is 1.14 bits per heavy atom. The molecule has 0 fully saturated rings. The molecule has 0 radical (unpaired) electrons. The van der Waals surface area contributed by atoms with Gasteiger partial charge in [-0.05, 0) is 26.0 Å². The molecule has 0 atom stereocenters. The van der Waals surface area contributed by atoms with Crippen molar-refractivity contribution in [2.24, 2.45) is 5.41 Å². The van der Waals surface area contributed by atoms with Crippen molar-refractivity contribution in [3.05, 3.63) is 29.3 Å². The Morgan fingerprint density at radius 2 is 1.76 bits per heavy atom. The van der Waals surface area contributed by atoms with Crippen LogP contribution in [0.2, 0.25) is 0 Å². The molecule has 0 aliphatic heterocycles. The van der Waals surface area contributed by atoms with Gasteiger partial charge >= 0.3 is 0 Å². The summed E-state index contributed by atoms with van der Waals surface area (Å²) in [4.78, 5) is 11.9. The molecule has 0 saturated carbocycles. The van der Waals surface area contributed by atoms with Gasteiger partial charge in [0, 0.05) is 11.0 Å². The summed E-state index contributed by atoms with van der Waals surface area (Å²) in [5.74, 6) is 1.00. The molecule has 0 N–H and O–H groups in total. The molecule has 0 bridgehead atoms. The van der Waals surface area contributed by atoms with Crippen LogP contribution in [0.5, 0.6) is 0 Å². The zero-order chi connectivity index (χ0) is 15.6. The zero-order valence-electron chi connectivity index (χ0n) is 13.1. The first-order valence-electron chi connectivity index (χ1n) is 6.84. The quantitative estimate of drug-likeness (QED) is 0.797. The third-order valence-electron chi connectivity index (χ3n) is 3.04. The number of nitrogens with zero attached hydrogens (tertiary/aromatic N) is 2. The van der Waals surface area contributed by atoms with Gasteiger partial charge < -0.3 is 4.42 Å². The van der Waals surface area contributed by atoms with Gasteiger partial charge in [0.1, 0.15) is 5.78 Å². The SMILES string of the molecule is Cc1cc(C)cc(-c2nnc(SCC(=O)C(C)(C)C)o2)c1. The Hall–Kier alpha value is -1.62. The van der Waals surface area contributed by atoms with Gasteiger partial charge in [-0.3, -0.25) is 4.79 Å². The summed E-state index contributed by atoms with van der Waals surface area (Å²) in [6, 6.07) is 6.11. The Labute approximate surface area is 129 Å². The van der Waals surface area contributed by atoms with E-state index in [9.17, 15) is 4.79 Å². The predicted molar refractivity (Wildman–Crippen MR) is 84.4 cm³/mol. The molecule has 1 heterocycles. The van der Waals surface area contributed by atoms with Crippen LogP contribution in [0.1, 0.15) is 31.9 Å². The number of ketones is 1. The van der Waals surface area contributed by atoms with E-state index < -0.39 is 0 Å². The largest absolute Gasteiger partial charge is 0.411 e. The lowest BCUT2D eigenvalue weighted by molar-refractivity contribution is -0.123. The number of aryl methyl sites for hydroxylation is 2. The lowest BCUT2D eigenvalue weighted by Gasteiger charge is -2.14. The summed E-state index contributed by atoms with van der Waals surface area (Å²) in [6.07, 6.45) is 0. The second kappa shape index (κ2) is 6.02. The summed E-state index contributed by atoms with van der Waals surface area (Å²) < 4.78 is 5.63. The number of carbonyl (C=O) groups is 1. The highest BCUT2D eigenvalue weighted by Gasteiger charge is 2.22. The second-order valence-electron chi connectivity index (χ2n) is 6.21. The van der Waals surface area contributed by atoms with Crippen LogP contribution in [-0.2, 0) is 4.79 Å². The first-order valence-corrected chi connectivity index (χ1v) is 7.82. The highest BCUT2D eigenvalue weighted by molar-refractivity contribution is 7.99. The number of carbonyl (C=O) groups excluding carboxylic acids is 1. The molecule has 0 aliphatic carbocycles. The van der Waals surface area contributed by atoms with Gasteiger partial charge in [-0.25, -0.2) is 0 Å². The van der Waals surface area contributed by atoms with E-state index in [-0.39, 0.29) is 11.2 Å². The number of hydrogen-bond donors (Lipinski definition) is 0. The van der Waals surface area contributed by atoms with Crippen LogP contribution in [0.25, 0.3) is 11.5 Å². The highest BCUT2D eigenvalue weighted by Crippen LogP contribution is 2.26. The van der Waals surface area contributed by atoms with Gasteiger partial charge in [-0.1, -0.05) is 49.7 Å². The molecule has 0 saturated heterocycles. The maximum Gasteiger partial charge on any atom is 0.277 e. The smallest absolute Gasteiger partial charge is 0.277 e. The molecule has 21 heavy (non-hydrogen) atoms. The van der Waals surface area contributed by atoms with Gasteiger partial charge in [0.2, 0.25) is 5.89 Å². The van der Waals surface area contributed by atoms with Crippen molar-refractivity contribution in [3.8, 4) is 11.5 Å². The van der Waals surface area contributed by atoms with Gasteiger partial charge in [-0.2, -0.15) is 0 Å². The molecule has 1 aromatic carbocycles. The Kier molecular flexibility index (Phi) is 4.52. The van der Waals surface area contributed by atoms with Crippen LogP contribution in [0.4, 0.5) is 0 Å². The van der Waals surface area contributed by atoms with E-state index in [0.717, 1.165) is 16.7 Å². The number of aromatic nitrogens is 2. The van der Waals surface area contributed by atoms with Gasteiger partial charge in [0.25, 0.3) is 5.22 Å². The normalized spacial score (nSPS) is 11.7. The average Bonchev–Trinajstić information content (AvgIpc) is 2.82. The molecule has 0 unspecified atom stereocenters. The number of benzene rings is 1. The van der Waals surface area contributed by atoms with E-state index >= 15 is 0 Å². The average molecular weight is 304 g/mol. The van der Waals surface area contributed by atoms with Gasteiger partial charge in [0.05, 0.1) is 5.75 Å². The highest BCUT2D eigenvalue weighted by atomic mass is 32.2. The van der Waals surface area contributed by atoms with Crippen LogP contribution in [0, 0.1) is 19.3 Å². The van der Waals surface area contributed by atoms with E-state index in [0.29, 0.717) is 16.9 Å². The molecule has 0 spiro atoms. The van der Waals surface area contributed by atoms with Crippen molar-refractivity contribution in [3.63, 3.8) is 0 Å². The Balaban J connectivity index is 2.10. The van der Waals surface area contributed by atoms with E-state index in [2.05, 4.69) is 16.3 Å². The topological polar surface area (TPSA) is 56.0 Å². The van der Waals surface area contributed by atoms with Crippen LogP contribution in [0.3, 0.4) is 0 Å². The second-order valence-corrected chi connectivity index (χ2v) is 7.14. The van der Waals surface area contributed by atoms with Crippen LogP contribution in [0.15, 0.2) is 27.8 Å². The van der Waals surface area contributed by atoms with E-state index in [1.165, 1.54) is 11.8 Å². The molecule has 5 heteroatoms. The van der Waals surface area contributed by atoms with Gasteiger partial charge in [-0.15, -0.1) is 10.2 Å². The fraction of sp³-hybridized carbons (Fsp3) is 0.438. The Bertz CT molecular complexity index is 636. The fourth-order valence-corrected chi connectivity index (χ4v) is 2.75. The van der Waals surface area contributed by atoms with Crippen LogP contribution in [-0.4, -0.2) is 21.7 Å². The Morgan fingerprint density at radius 3 is 2.33 bits per heavy atom. The molecular formula is C16H20N2O2S. The summed E-state index contributed by atoms with van der Waals surface area (Å²) in [7, 11) is 0. The number of thioether (sulfide) groups is 1. The number of hydrogen-bond acceptors (Lipinski definition) is 5. The van der Waals surface area contributed by atoms with Crippen molar-refractivity contribution in [1.29, 1.82) is 0 Å². The standard InChI is InChI=1S/C16H20N2O2S/c1-10-6-11(2)8-12(7-10)14-17-18-15(20-14)21-9-13(19)16(3,4)5/h6-8H,9H2,1-5H3. The van der Waals surface area contributed by atoms with Crippen molar-refractivity contribution >= 4 is 17.5 Å². The minimum absolute atomic E-state index is 0.165. The number of Topliss-reactive ketones (excluding diaryl/α,β-unsaturated/α-hetero) is 1. The molecule has 0 amide bonds. The molecule has 4 nitrogen and oxygen atoms in total. The van der Waals surface area contributed by atoms with Crippen molar-refractivity contribution in [2.75, 3.05) is 5.75 Å². The fourth-order valence-electron chi connectivity index (χ4n) is 1.83. The third kappa shape index (κ3) is 4.17. The monoisotopic (exact) mass is 304 g/mol. The van der Waals surface area contributed by atoms with Crippen LogP contribution < -0.4 is 0 Å². The predicted octanol–water partition coefficient (Wildman–Crippen LogP) is 4.06. The van der Waals surface area contributed by atoms with Crippen molar-refractivity contribution < 1.29 is 9.21 Å². The summed E-state index contributed by atoms with van der Waals surface area (Å²) in [5.41, 5.74) is 2.87. The maximum absolute atomic E-state index is 11.9. The van der Waals surface area contributed by atoms with Crippen molar-refractivity contribution in [1.82, 2.24) is 10.2 Å². The lowest BCUT2D eigenvalue weighted by atomic mass is 9.92. The minimum atomic E-state index is -0.344. The van der Waals surface area contributed by atoms with E-state index in [1.54, 1.807) is 0 Å². The summed E-state index contributed by atoms with van der Waals surface area (Å²) in [5, 5.41) is 8.49. The van der Waals surface area contributed by atoms with E-state index in [4.69, 9.17) is 4.42 Å². The third-order valence-corrected chi connectivity index (χ3v) is 3.86. The maximum atomic E-state index is 11.9. The molecule has 112 valence electrons.